The molecule has 0 radical (unpaired) electrons. The molecule has 0 saturated carbocycles. The first kappa shape index (κ1) is 40.3. The summed E-state index contributed by atoms with van der Waals surface area (Å²) in [6.07, 6.45) is 15.1. The summed E-state index contributed by atoms with van der Waals surface area (Å²) in [5.41, 5.74) is 0.933. The molecular formula is C32H57N4O9P. The molecule has 0 bridgehead atoms. The summed E-state index contributed by atoms with van der Waals surface area (Å²) in [4.78, 5) is 19.1. The first-order valence-corrected chi connectivity index (χ1v) is 18.9. The lowest BCUT2D eigenvalue weighted by atomic mass is 10.0. The van der Waals surface area contributed by atoms with E-state index in [2.05, 4.69) is 16.8 Å². The molecule has 1 aromatic heterocycles. The van der Waals surface area contributed by atoms with E-state index in [9.17, 15) is 19.6 Å². The molecule has 264 valence electrons. The van der Waals surface area contributed by atoms with E-state index in [0.717, 1.165) is 17.4 Å². The minimum atomic E-state index is -3.64. The molecule has 2 heterocycles. The van der Waals surface area contributed by atoms with Gasteiger partial charge in [0.1, 0.15) is 18.3 Å². The largest absolute Gasteiger partial charge is 0.387 e. The lowest BCUT2D eigenvalue weighted by molar-refractivity contribution is -0.0530. The fourth-order valence-corrected chi connectivity index (χ4v) is 6.97. The van der Waals surface area contributed by atoms with Crippen LogP contribution < -0.4 is 11.2 Å². The summed E-state index contributed by atoms with van der Waals surface area (Å²) in [5, 5.41) is 29.9. The molecular weight excluding hydrogens is 615 g/mol. The number of hydrogen-bond donors (Lipinski definition) is 4. The summed E-state index contributed by atoms with van der Waals surface area (Å²) in [7, 11) is -3.64. The van der Waals surface area contributed by atoms with E-state index in [1.807, 2.05) is 0 Å². The van der Waals surface area contributed by atoms with Crippen LogP contribution in [0.25, 0.3) is 4.85 Å². The van der Waals surface area contributed by atoms with Gasteiger partial charge in [-0.2, -0.15) is 4.98 Å². The van der Waals surface area contributed by atoms with Crippen LogP contribution >= 0.6 is 7.60 Å². The monoisotopic (exact) mass is 672 g/mol. The highest BCUT2D eigenvalue weighted by molar-refractivity contribution is 7.53. The first-order valence-electron chi connectivity index (χ1n) is 17.1. The molecule has 2 unspecified atom stereocenters. The summed E-state index contributed by atoms with van der Waals surface area (Å²) in [6, 6.07) is 1.29. The molecule has 13 nitrogen and oxygen atoms in total. The SMILES string of the molecule is [C-]#[N+]CCCP(=O)(OCCCOCCCCCCCCCCCCCCCC)OC[C@H]1O[C@@H](n2ccc(NO)nc2=O)C(O)[C@H]1O. The number of anilines is 1. The van der Waals surface area contributed by atoms with E-state index in [0.29, 0.717) is 26.1 Å². The number of rotatable bonds is 28. The van der Waals surface area contributed by atoms with Gasteiger partial charge in [0.2, 0.25) is 6.54 Å². The van der Waals surface area contributed by atoms with Crippen LogP contribution in [0.4, 0.5) is 5.82 Å². The second-order valence-electron chi connectivity index (χ2n) is 11.9. The van der Waals surface area contributed by atoms with Crippen LogP contribution in [0.15, 0.2) is 17.1 Å². The first-order chi connectivity index (χ1) is 22.3. The van der Waals surface area contributed by atoms with Crippen LogP contribution in [-0.2, 0) is 23.1 Å². The summed E-state index contributed by atoms with van der Waals surface area (Å²) in [6.45, 7) is 10.3. The minimum Gasteiger partial charge on any atom is -0.387 e. The molecule has 0 aliphatic carbocycles. The molecule has 46 heavy (non-hydrogen) atoms. The van der Waals surface area contributed by atoms with Crippen molar-refractivity contribution in [2.24, 2.45) is 0 Å². The number of aliphatic hydroxyl groups is 2. The van der Waals surface area contributed by atoms with Gasteiger partial charge in [-0.1, -0.05) is 90.4 Å². The normalized spacial score (nSPS) is 20.8. The second-order valence-corrected chi connectivity index (χ2v) is 14.1. The molecule has 14 heteroatoms. The Bertz CT molecular complexity index is 1090. The average Bonchev–Trinajstić information content (AvgIpc) is 3.33. The van der Waals surface area contributed by atoms with Crippen molar-refractivity contribution in [2.45, 2.75) is 134 Å². The van der Waals surface area contributed by atoms with Gasteiger partial charge in [-0.15, -0.1) is 0 Å². The van der Waals surface area contributed by atoms with Gasteiger partial charge in [0.15, 0.2) is 12.0 Å². The Morgan fingerprint density at radius 2 is 1.52 bits per heavy atom. The molecule has 0 aromatic carbocycles. The zero-order chi connectivity index (χ0) is 33.5. The van der Waals surface area contributed by atoms with Crippen molar-refractivity contribution in [3.63, 3.8) is 0 Å². The molecule has 1 aliphatic rings. The Labute approximate surface area is 274 Å². The Balaban J connectivity index is 1.60. The minimum absolute atomic E-state index is 0.0169. The molecule has 0 amide bonds. The summed E-state index contributed by atoms with van der Waals surface area (Å²) in [5.74, 6) is -0.0908. The maximum Gasteiger partial charge on any atom is 0.351 e. The third kappa shape index (κ3) is 15.8. The molecule has 1 aromatic rings. The molecule has 1 aliphatic heterocycles. The van der Waals surface area contributed by atoms with Gasteiger partial charge >= 0.3 is 13.3 Å². The van der Waals surface area contributed by atoms with Gasteiger partial charge in [-0.25, -0.2) is 11.4 Å². The fourth-order valence-electron chi connectivity index (χ4n) is 5.33. The maximum absolute atomic E-state index is 13.4. The molecule has 1 saturated heterocycles. The number of aliphatic hydroxyl groups excluding tert-OH is 2. The number of unbranched alkanes of at least 4 members (excludes halogenated alkanes) is 13. The molecule has 0 spiro atoms. The van der Waals surface area contributed by atoms with Gasteiger partial charge in [-0.3, -0.25) is 19.8 Å². The summed E-state index contributed by atoms with van der Waals surface area (Å²) >= 11 is 0. The van der Waals surface area contributed by atoms with Crippen molar-refractivity contribution in [3.05, 3.63) is 34.2 Å². The van der Waals surface area contributed by atoms with Crippen molar-refractivity contribution >= 4 is 13.4 Å². The number of aromatic nitrogens is 2. The predicted octanol–water partition coefficient (Wildman–Crippen LogP) is 6.09. The van der Waals surface area contributed by atoms with Gasteiger partial charge in [-0.05, 0) is 18.9 Å². The van der Waals surface area contributed by atoms with Crippen molar-refractivity contribution in [3.8, 4) is 0 Å². The predicted molar refractivity (Wildman–Crippen MR) is 176 cm³/mol. The van der Waals surface area contributed by atoms with Gasteiger partial charge in [0.05, 0.1) is 19.4 Å². The molecule has 1 fully saturated rings. The van der Waals surface area contributed by atoms with Gasteiger partial charge in [0, 0.05) is 25.8 Å². The molecule has 5 atom stereocenters. The average molecular weight is 673 g/mol. The lowest BCUT2D eigenvalue weighted by Gasteiger charge is -2.21. The van der Waals surface area contributed by atoms with Crippen LogP contribution in [0, 0.1) is 6.57 Å². The Morgan fingerprint density at radius 3 is 2.11 bits per heavy atom. The van der Waals surface area contributed by atoms with Crippen LogP contribution in [0.1, 0.15) is 116 Å². The van der Waals surface area contributed by atoms with Crippen molar-refractivity contribution in [2.75, 3.05) is 44.6 Å². The van der Waals surface area contributed by atoms with E-state index in [1.165, 1.54) is 89.3 Å². The van der Waals surface area contributed by atoms with E-state index >= 15 is 0 Å². The quantitative estimate of drug-likeness (QED) is 0.0352. The lowest BCUT2D eigenvalue weighted by Crippen LogP contribution is -2.36. The van der Waals surface area contributed by atoms with Crippen LogP contribution in [0.3, 0.4) is 0 Å². The topological polar surface area (TPSA) is 166 Å². The zero-order valence-electron chi connectivity index (χ0n) is 27.6. The molecule has 2 rings (SSSR count). The zero-order valence-corrected chi connectivity index (χ0v) is 28.5. The van der Waals surface area contributed by atoms with Crippen LogP contribution in [-0.4, -0.2) is 82.4 Å². The van der Waals surface area contributed by atoms with E-state index in [-0.39, 0.29) is 31.7 Å². The van der Waals surface area contributed by atoms with E-state index in [1.54, 1.807) is 5.48 Å². The Morgan fingerprint density at radius 1 is 0.913 bits per heavy atom. The van der Waals surface area contributed by atoms with Crippen LogP contribution in [0.2, 0.25) is 0 Å². The van der Waals surface area contributed by atoms with E-state index < -0.39 is 37.8 Å². The number of ether oxygens (including phenoxy) is 2. The standard InChI is InChI=1S/C32H57N4O9P/c1-3-4-5-6-7-8-9-10-11-12-13-14-15-16-22-42-23-18-24-43-46(41,25-17-20-33-2)44-26-27-29(37)30(38)31(45-27)36-21-19-28(35-40)34-32(36)39/h19,21,27,29-31,37-38,40H,3-18,20,22-26H2,1H3,(H,34,35,39)/t27-,29+,30?,31-,46?/m1/s1. The van der Waals surface area contributed by atoms with Crippen molar-refractivity contribution in [1.29, 1.82) is 0 Å². The maximum atomic E-state index is 13.4. The van der Waals surface area contributed by atoms with Crippen molar-refractivity contribution < 1.29 is 38.5 Å². The number of hydrogen-bond acceptors (Lipinski definition) is 11. The highest BCUT2D eigenvalue weighted by Gasteiger charge is 2.45. The number of nitrogens with zero attached hydrogens (tertiary/aromatic N) is 3. The smallest absolute Gasteiger partial charge is 0.351 e. The third-order valence-electron chi connectivity index (χ3n) is 8.06. The van der Waals surface area contributed by atoms with E-state index in [4.69, 9.17) is 30.3 Å². The third-order valence-corrected chi connectivity index (χ3v) is 10.0. The Kier molecular flexibility index (Phi) is 21.3. The Hall–Kier alpha value is -1.88. The highest BCUT2D eigenvalue weighted by atomic mass is 31.2. The molecule has 4 N–H and O–H groups in total. The van der Waals surface area contributed by atoms with Gasteiger partial charge in [0.25, 0.3) is 0 Å². The fraction of sp³-hybridized carbons (Fsp3) is 0.844. The number of nitrogens with one attached hydrogen (secondary N) is 1. The highest BCUT2D eigenvalue weighted by Crippen LogP contribution is 2.49. The van der Waals surface area contributed by atoms with Gasteiger partial charge < -0.3 is 33.6 Å². The van der Waals surface area contributed by atoms with Crippen LogP contribution in [0.5, 0.6) is 0 Å². The van der Waals surface area contributed by atoms with Crippen molar-refractivity contribution in [1.82, 2.24) is 9.55 Å². The second kappa shape index (κ2) is 24.3. The summed E-state index contributed by atoms with van der Waals surface area (Å²) < 4.78 is 37.0.